The first-order valence-corrected chi connectivity index (χ1v) is 32.5. The molecule has 102 heavy (non-hydrogen) atoms. The summed E-state index contributed by atoms with van der Waals surface area (Å²) in [6.45, 7) is -1.92. The molecule has 4 aromatic carbocycles. The fourth-order valence-corrected chi connectivity index (χ4v) is 11.5. The fraction of sp³-hybridized carbons (Fsp3) is 0.343. The minimum atomic E-state index is -1.24. The van der Waals surface area contributed by atoms with Gasteiger partial charge in [-0.3, -0.25) is 28.5 Å². The lowest BCUT2D eigenvalue weighted by atomic mass is 10.0. The van der Waals surface area contributed by atoms with Gasteiger partial charge in [-0.15, -0.1) is 10.2 Å². The van der Waals surface area contributed by atoms with Gasteiger partial charge in [0.05, 0.1) is 104 Å². The molecule has 0 unspecified atom stereocenters. The normalized spacial score (nSPS) is 18.7. The van der Waals surface area contributed by atoms with Crippen molar-refractivity contribution in [2.45, 2.75) is 114 Å². The van der Waals surface area contributed by atoms with E-state index in [1.807, 2.05) is 24.3 Å². The highest BCUT2D eigenvalue weighted by Crippen LogP contribution is 2.29. The van der Waals surface area contributed by atoms with E-state index in [4.69, 9.17) is 27.8 Å². The molecule has 8 amide bonds. The molecule has 0 saturated carbocycles. The minimum Gasteiger partial charge on any atom is -0.465 e. The van der Waals surface area contributed by atoms with E-state index in [1.54, 1.807) is 97.1 Å². The number of hydrogen-bond acceptors (Lipinski definition) is 22. The van der Waals surface area contributed by atoms with Crippen LogP contribution >= 0.6 is 0 Å². The number of amides is 8. The molecule has 0 saturated heterocycles. The highest BCUT2D eigenvalue weighted by Gasteiger charge is 2.38. The van der Waals surface area contributed by atoms with Gasteiger partial charge < -0.3 is 80.5 Å². The average molecular weight is 1400 g/mol. The van der Waals surface area contributed by atoms with Crippen LogP contribution in [-0.4, -0.2) is 178 Å². The number of fused-ring (bicyclic) bond motifs is 8. The lowest BCUT2D eigenvalue weighted by Gasteiger charge is -2.21. The number of furan rings is 2. The third-order valence-electron chi connectivity index (χ3n) is 16.5. The number of aliphatic hydroxyl groups excluding tert-OH is 2. The summed E-state index contributed by atoms with van der Waals surface area (Å²) in [5, 5.41) is 60.4. The number of ether oxygens (including phenoxy) is 4. The number of carbonyl (C=O) groups is 10. The van der Waals surface area contributed by atoms with Crippen LogP contribution in [0.15, 0.2) is 143 Å². The first-order valence-electron chi connectivity index (χ1n) is 32.5. The minimum absolute atomic E-state index is 0.00939. The van der Waals surface area contributed by atoms with E-state index in [2.05, 4.69) is 63.2 Å². The van der Waals surface area contributed by atoms with Crippen molar-refractivity contribution in [1.82, 2.24) is 72.5 Å². The van der Waals surface area contributed by atoms with E-state index in [0.29, 0.717) is 11.1 Å². The van der Waals surface area contributed by atoms with Crippen molar-refractivity contribution in [3.05, 3.63) is 213 Å². The van der Waals surface area contributed by atoms with Gasteiger partial charge in [0.15, 0.2) is 0 Å². The molecule has 0 radical (unpaired) electrons. The summed E-state index contributed by atoms with van der Waals surface area (Å²) in [6, 6.07) is 27.5. The van der Waals surface area contributed by atoms with Crippen LogP contribution in [0.1, 0.15) is 121 Å². The molecule has 9 rings (SSSR count). The van der Waals surface area contributed by atoms with Gasteiger partial charge >= 0.3 is 35.9 Å². The Bertz CT molecular complexity index is 3950. The molecule has 1 aliphatic heterocycles. The number of aromatic nitrogens is 6. The molecule has 10 N–H and O–H groups in total. The van der Waals surface area contributed by atoms with Crippen LogP contribution in [0.3, 0.4) is 0 Å². The van der Waals surface area contributed by atoms with E-state index < -0.39 is 143 Å². The number of nitrogens with one attached hydrogen (secondary N) is 8. The molecular weight excluding hydrogens is 1320 g/mol. The van der Waals surface area contributed by atoms with Crippen LogP contribution in [0.2, 0.25) is 0 Å². The molecular formula is C70H78N14O18. The summed E-state index contributed by atoms with van der Waals surface area (Å²) in [4.78, 5) is 140. The first-order chi connectivity index (χ1) is 49.4. The van der Waals surface area contributed by atoms with Crippen molar-refractivity contribution >= 4 is 59.6 Å². The highest BCUT2D eigenvalue weighted by atomic mass is 16.5. The molecule has 6 atom stereocenters. The standard InChI is InChI=1S/C70H78N14O18/c1-97-65(91)55-53-27-25-45(39-85)75-69(95)77-51(31-43-21-13-7-14-22-43)61(87)71-34-50-38-84(82-80-50)36-48(30-42-19-11-6-12-20-42)74-64(90)60-58(68(94)100-4)56(66(92)98-2)54(102-60)28-26-46(40-86)76-70(96)78-52(32-44-23-15-8-16-24-44)62(88)72-33-49-37-83(81-79-49)35-47(29-41-17-9-5-10-18-41)73-63(89)59(101-53)57(55)67(93)99-3/h5-24,37-38,45-48,51-52,85-86H,25-36,39-40H2,1-4H3,(H,71,87)(H,72,88)(H,73,89)(H,74,90)(H2,75,77,95)(H2,76,78,96)/t45-,46-,47-,48-,51-,52-/m1/s1. The molecule has 4 aromatic heterocycles. The first kappa shape index (κ1) is 74.2. The van der Waals surface area contributed by atoms with Crippen LogP contribution in [-0.2, 0) is 93.2 Å². The van der Waals surface area contributed by atoms with Gasteiger partial charge in [0, 0.05) is 25.7 Å². The summed E-state index contributed by atoms with van der Waals surface area (Å²) in [7, 11) is 4.18. The monoisotopic (exact) mass is 1400 g/mol. The third-order valence-corrected chi connectivity index (χ3v) is 16.5. The second-order valence-electron chi connectivity index (χ2n) is 23.8. The topological polar surface area (TPSA) is 432 Å². The van der Waals surface area contributed by atoms with Crippen LogP contribution in [0.5, 0.6) is 0 Å². The van der Waals surface area contributed by atoms with Crippen LogP contribution in [0.4, 0.5) is 9.59 Å². The Morgan fingerprint density at radius 2 is 0.765 bits per heavy atom. The average Bonchev–Trinajstić information content (AvgIpc) is 1.63. The Morgan fingerprint density at radius 3 is 1.09 bits per heavy atom. The Labute approximate surface area is 583 Å². The molecule has 8 aromatic rings. The fourth-order valence-electron chi connectivity index (χ4n) is 11.5. The summed E-state index contributed by atoms with van der Waals surface area (Å²) < 4.78 is 35.3. The zero-order chi connectivity index (χ0) is 72.7. The molecule has 0 fully saturated rings. The van der Waals surface area contributed by atoms with Gasteiger partial charge in [0.2, 0.25) is 23.3 Å². The number of nitrogens with zero attached hydrogens (tertiary/aromatic N) is 6. The number of rotatable bonds is 14. The maximum atomic E-state index is 14.6. The molecule has 8 bridgehead atoms. The predicted molar refractivity (Wildman–Crippen MR) is 359 cm³/mol. The van der Waals surface area contributed by atoms with Gasteiger partial charge in [0.1, 0.15) is 57.2 Å². The van der Waals surface area contributed by atoms with Gasteiger partial charge in [-0.05, 0) is 47.9 Å². The molecule has 5 heterocycles. The Kier molecular flexibility index (Phi) is 26.3. The lowest BCUT2D eigenvalue weighted by molar-refractivity contribution is -0.123. The maximum Gasteiger partial charge on any atom is 0.342 e. The van der Waals surface area contributed by atoms with Crippen molar-refractivity contribution in [3.63, 3.8) is 0 Å². The molecule has 0 spiro atoms. The van der Waals surface area contributed by atoms with Crippen molar-refractivity contribution in [2.75, 3.05) is 41.7 Å². The Hall–Kier alpha value is -12.1. The predicted octanol–water partition coefficient (Wildman–Crippen LogP) is 2.64. The second-order valence-corrected chi connectivity index (χ2v) is 23.8. The summed E-state index contributed by atoms with van der Waals surface area (Å²) in [6.07, 6.45) is 2.43. The number of esters is 4. The van der Waals surface area contributed by atoms with Crippen LogP contribution in [0.25, 0.3) is 0 Å². The zero-order valence-electron chi connectivity index (χ0n) is 56.2. The highest BCUT2D eigenvalue weighted by molar-refractivity contribution is 6.12. The SMILES string of the molecule is COC(=O)c1c2oc(c1C(=O)OC)C(=O)N[C@H](Cc1ccccc1)Cn1cc(nn1)CNC(=O)[C@@H](Cc1ccccc1)NC(=O)N[C@@H](CO)CCc1oc(c(C(=O)OC)c1C(=O)OC)C(=O)N[C@H](Cc1ccccc1)Cn1cc(nn1)CNC(=O)[C@@H](Cc1ccccc1)NC(=O)N[C@@H](CO)CC2. The maximum absolute atomic E-state index is 14.6. The van der Waals surface area contributed by atoms with Crippen LogP contribution in [0, 0.1) is 0 Å². The molecule has 32 heteroatoms. The molecule has 1 aliphatic rings. The van der Waals surface area contributed by atoms with Gasteiger partial charge in [-0.2, -0.15) is 0 Å². The number of hydrogen-bond donors (Lipinski definition) is 10. The van der Waals surface area contributed by atoms with E-state index >= 15 is 0 Å². The summed E-state index contributed by atoms with van der Waals surface area (Å²) in [5.74, 6) is -9.36. The van der Waals surface area contributed by atoms with Crippen molar-refractivity contribution in [2.24, 2.45) is 0 Å². The van der Waals surface area contributed by atoms with E-state index in [1.165, 1.54) is 21.8 Å². The van der Waals surface area contributed by atoms with Crippen molar-refractivity contribution < 1.29 is 85.9 Å². The third kappa shape index (κ3) is 20.1. The smallest absolute Gasteiger partial charge is 0.342 e. The molecule has 536 valence electrons. The molecule has 32 nitrogen and oxygen atoms in total. The number of carbonyl (C=O) groups excluding carboxylic acids is 10. The van der Waals surface area contributed by atoms with Gasteiger partial charge in [-0.25, -0.2) is 28.8 Å². The summed E-state index contributed by atoms with van der Waals surface area (Å²) >= 11 is 0. The Balaban J connectivity index is 1.04. The van der Waals surface area contributed by atoms with Crippen molar-refractivity contribution in [1.29, 1.82) is 0 Å². The van der Waals surface area contributed by atoms with Crippen molar-refractivity contribution in [3.8, 4) is 0 Å². The van der Waals surface area contributed by atoms with E-state index in [-0.39, 0.29) is 100 Å². The van der Waals surface area contributed by atoms with E-state index in [0.717, 1.165) is 39.6 Å². The number of aryl methyl sites for hydroxylation is 2. The quantitative estimate of drug-likeness (QED) is 0.0552. The number of benzene rings is 4. The number of methoxy groups -OCH3 is 4. The van der Waals surface area contributed by atoms with Gasteiger partial charge in [-0.1, -0.05) is 132 Å². The molecule has 0 aliphatic carbocycles. The summed E-state index contributed by atoms with van der Waals surface area (Å²) in [5.41, 5.74) is 1.31. The number of urea groups is 2. The number of aliphatic hydroxyl groups is 2. The van der Waals surface area contributed by atoms with Gasteiger partial charge in [0.25, 0.3) is 11.8 Å². The Morgan fingerprint density at radius 1 is 0.441 bits per heavy atom. The zero-order valence-corrected chi connectivity index (χ0v) is 56.2. The van der Waals surface area contributed by atoms with Crippen LogP contribution < -0.4 is 42.5 Å². The second kappa shape index (κ2) is 36.1. The lowest BCUT2D eigenvalue weighted by Crippen LogP contribution is -2.53. The largest absolute Gasteiger partial charge is 0.465 e. The van der Waals surface area contributed by atoms with E-state index in [9.17, 15) is 58.2 Å².